The summed E-state index contributed by atoms with van der Waals surface area (Å²) in [6.07, 6.45) is 1.89. The summed E-state index contributed by atoms with van der Waals surface area (Å²) in [5, 5.41) is 3.74. The predicted octanol–water partition coefficient (Wildman–Crippen LogP) is 12.7. The molecule has 0 saturated carbocycles. The molecule has 3 nitrogen and oxygen atoms in total. The van der Waals surface area contributed by atoms with Crippen LogP contribution in [-0.4, -0.2) is 22.6 Å². The SMILES string of the molecule is CC(C)(C)c1ccc(-n2c(-c3[c-]ccc4c3sc3ccccc34)nc3ccccc32)cc1.[2H]C([2H])([2H])c1c[c-]c(-c2cc(C([2H])(C)C)c([Si](C)(C)C)cn2)cc1.[Ir]. The summed E-state index contributed by atoms with van der Waals surface area (Å²) in [4.78, 5) is 9.65. The van der Waals surface area contributed by atoms with Gasteiger partial charge in [0.15, 0.2) is 0 Å². The van der Waals surface area contributed by atoms with Gasteiger partial charge in [-0.15, -0.1) is 53.6 Å². The van der Waals surface area contributed by atoms with Crippen molar-refractivity contribution in [1.29, 1.82) is 0 Å². The number of nitrogens with zero attached hydrogens (tertiary/aromatic N) is 3. The third-order valence-corrected chi connectivity index (χ3v) is 12.7. The molecule has 0 spiro atoms. The van der Waals surface area contributed by atoms with Crippen LogP contribution >= 0.6 is 11.3 Å². The predicted molar refractivity (Wildman–Crippen MR) is 227 cm³/mol. The number of hydrogen-bond acceptors (Lipinski definition) is 3. The van der Waals surface area contributed by atoms with Crippen LogP contribution in [0.1, 0.15) is 62.7 Å². The third-order valence-electron chi connectivity index (χ3n) is 9.45. The van der Waals surface area contributed by atoms with Crippen LogP contribution in [0.15, 0.2) is 115 Å². The average molecular weight is 910 g/mol. The average Bonchev–Trinajstić information content (AvgIpc) is 3.73. The number of aromatic nitrogens is 3. The van der Waals surface area contributed by atoms with Gasteiger partial charge in [-0.2, -0.15) is 11.3 Å². The standard InChI is InChI=1S/C29H23N2S.C18H24NSi.Ir/c1-29(2,3)19-15-17-20(18-16-19)31-25-13-6-5-12-24(25)30-28(31)23-11-8-10-22-21-9-4-7-14-26(21)32-27(22)23;1-13(2)16-11-17(15-9-7-14(3)8-10-15)19-12-18(16)20(4,5)6;/h4-10,12-18H,1-3H3;7-9,11-13H,1-6H3;/q2*-1;/i;3D3,13D;. The fourth-order valence-corrected chi connectivity index (χ4v) is 9.40. The first-order valence-electron chi connectivity index (χ1n) is 19.7. The molecule has 1 radical (unpaired) electrons. The van der Waals surface area contributed by atoms with Gasteiger partial charge in [0.1, 0.15) is 0 Å². The van der Waals surface area contributed by atoms with Gasteiger partial charge >= 0.3 is 0 Å². The maximum Gasteiger partial charge on any atom is 0.0799 e. The topological polar surface area (TPSA) is 30.7 Å². The zero-order valence-electron chi connectivity index (χ0n) is 35.6. The van der Waals surface area contributed by atoms with Crippen molar-refractivity contribution in [3.05, 3.63) is 144 Å². The van der Waals surface area contributed by atoms with Crippen molar-refractivity contribution in [1.82, 2.24) is 14.5 Å². The van der Waals surface area contributed by atoms with Gasteiger partial charge in [0.05, 0.1) is 24.9 Å². The van der Waals surface area contributed by atoms with Crippen molar-refractivity contribution in [2.45, 2.75) is 72.4 Å². The molecule has 0 aliphatic heterocycles. The summed E-state index contributed by atoms with van der Waals surface area (Å²) in [7, 11) is -1.61. The van der Waals surface area contributed by atoms with E-state index >= 15 is 0 Å². The Balaban J connectivity index is 0.000000198. The van der Waals surface area contributed by atoms with Gasteiger partial charge in [0.2, 0.25) is 0 Å². The number of pyridine rings is 1. The largest absolute Gasteiger partial charge is 0.333 e. The molecule has 3 aromatic heterocycles. The fraction of sp³-hybridized carbons (Fsp3) is 0.234. The molecule has 8 rings (SSSR count). The zero-order valence-corrected chi connectivity index (χ0v) is 35.8. The van der Waals surface area contributed by atoms with E-state index in [0.717, 1.165) is 44.9 Å². The second-order valence-corrected chi connectivity index (χ2v) is 21.7. The molecule has 0 aliphatic rings. The van der Waals surface area contributed by atoms with Crippen LogP contribution < -0.4 is 5.19 Å². The molecule has 271 valence electrons. The second-order valence-electron chi connectivity index (χ2n) is 15.6. The molecule has 0 unspecified atom stereocenters. The number of thiophene rings is 1. The van der Waals surface area contributed by atoms with E-state index in [1.165, 1.54) is 37.0 Å². The smallest absolute Gasteiger partial charge is 0.0799 e. The molecular weight excluding hydrogens is 859 g/mol. The van der Waals surface area contributed by atoms with Crippen molar-refractivity contribution in [2.24, 2.45) is 0 Å². The van der Waals surface area contributed by atoms with Crippen molar-refractivity contribution in [3.63, 3.8) is 0 Å². The summed E-state index contributed by atoms with van der Waals surface area (Å²) >= 11 is 1.82. The Bertz CT molecular complexity index is 2680. The first kappa shape index (κ1) is 33.4. The Morgan fingerprint density at radius 3 is 2.28 bits per heavy atom. The molecule has 0 fully saturated rings. The molecule has 3 heterocycles. The minimum Gasteiger partial charge on any atom is -0.333 e. The van der Waals surface area contributed by atoms with Gasteiger partial charge in [-0.05, 0) is 68.2 Å². The van der Waals surface area contributed by atoms with Gasteiger partial charge in [-0.1, -0.05) is 126 Å². The van der Waals surface area contributed by atoms with E-state index in [1.807, 2.05) is 43.5 Å². The molecule has 0 atom stereocenters. The Labute approximate surface area is 339 Å². The Hall–Kier alpha value is -4.19. The molecule has 8 aromatic rings. The fourth-order valence-electron chi connectivity index (χ4n) is 6.62. The van der Waals surface area contributed by atoms with Crippen LogP contribution in [0.25, 0.3) is 59.5 Å². The minimum absolute atomic E-state index is 0. The molecule has 0 N–H and O–H groups in total. The maximum atomic E-state index is 8.48. The summed E-state index contributed by atoms with van der Waals surface area (Å²) in [6, 6.07) is 43.4. The Kier molecular flexibility index (Phi) is 9.62. The number of hydrogen-bond donors (Lipinski definition) is 0. The molecule has 0 saturated heterocycles. The van der Waals surface area contributed by atoms with Gasteiger partial charge in [-0.25, -0.2) is 0 Å². The van der Waals surface area contributed by atoms with E-state index in [1.54, 1.807) is 12.1 Å². The molecule has 53 heavy (non-hydrogen) atoms. The van der Waals surface area contributed by atoms with E-state index in [2.05, 4.69) is 141 Å². The number of fused-ring (bicyclic) bond motifs is 4. The minimum atomic E-state index is -2.13. The van der Waals surface area contributed by atoms with Crippen molar-refractivity contribution < 1.29 is 25.6 Å². The quantitative estimate of drug-likeness (QED) is 0.127. The molecule has 0 bridgehead atoms. The van der Waals surface area contributed by atoms with Gasteiger partial charge in [0.25, 0.3) is 0 Å². The summed E-state index contributed by atoms with van der Waals surface area (Å²) in [5.74, 6) is 0.221. The van der Waals surface area contributed by atoms with E-state index in [4.69, 9.17) is 10.5 Å². The van der Waals surface area contributed by atoms with E-state index in [9.17, 15) is 0 Å². The number of benzene rings is 5. The van der Waals surface area contributed by atoms with Gasteiger partial charge in [-0.3, -0.25) is 4.98 Å². The first-order valence-corrected chi connectivity index (χ1v) is 22.1. The number of imidazole rings is 1. The van der Waals surface area contributed by atoms with Crippen LogP contribution in [0.3, 0.4) is 0 Å². The van der Waals surface area contributed by atoms with E-state index < -0.39 is 20.8 Å². The van der Waals surface area contributed by atoms with Gasteiger partial charge < -0.3 is 9.55 Å². The maximum absolute atomic E-state index is 8.48. The van der Waals surface area contributed by atoms with Crippen LogP contribution in [0, 0.1) is 19.0 Å². The number of para-hydroxylation sites is 2. The van der Waals surface area contributed by atoms with Crippen molar-refractivity contribution in [3.8, 4) is 28.3 Å². The van der Waals surface area contributed by atoms with Crippen LogP contribution in [0.5, 0.6) is 0 Å². The van der Waals surface area contributed by atoms with E-state index in [-0.39, 0.29) is 31.1 Å². The van der Waals surface area contributed by atoms with Crippen LogP contribution in [0.4, 0.5) is 0 Å². The van der Waals surface area contributed by atoms with Gasteiger partial charge in [0, 0.05) is 42.2 Å². The molecular formula is C47H47IrN3SSi-2. The summed E-state index contributed by atoms with van der Waals surface area (Å²) in [6.45, 7) is 15.1. The Morgan fingerprint density at radius 1 is 0.868 bits per heavy atom. The summed E-state index contributed by atoms with van der Waals surface area (Å²) in [5.41, 5.74) is 8.45. The van der Waals surface area contributed by atoms with Crippen molar-refractivity contribution >= 4 is 55.8 Å². The molecule has 0 aliphatic carbocycles. The van der Waals surface area contributed by atoms with Crippen molar-refractivity contribution in [2.75, 3.05) is 0 Å². The van der Waals surface area contributed by atoms with E-state index in [0.29, 0.717) is 0 Å². The molecule has 0 amide bonds. The normalized spacial score (nSPS) is 13.4. The molecule has 6 heteroatoms. The first-order chi connectivity index (χ1) is 26.3. The number of rotatable bonds is 5. The Morgan fingerprint density at radius 2 is 1.60 bits per heavy atom. The van der Waals surface area contributed by atoms with Crippen LogP contribution in [0.2, 0.25) is 19.6 Å². The number of aryl methyl sites for hydroxylation is 1. The third kappa shape index (κ3) is 7.88. The summed E-state index contributed by atoms with van der Waals surface area (Å²) < 4.78 is 35.6. The monoisotopic (exact) mass is 910 g/mol. The zero-order chi connectivity index (χ0) is 40.2. The second kappa shape index (κ2) is 15.3. The van der Waals surface area contributed by atoms with Crippen LogP contribution in [-0.2, 0) is 25.5 Å². The molecule has 5 aromatic carbocycles.